The Kier molecular flexibility index (Phi) is 9.55. The van der Waals surface area contributed by atoms with Gasteiger partial charge in [-0.2, -0.15) is 0 Å². The predicted octanol–water partition coefficient (Wildman–Crippen LogP) is 3.50. The monoisotopic (exact) mass is 425 g/mol. The van der Waals surface area contributed by atoms with Crippen molar-refractivity contribution >= 4 is 23.6 Å². The first kappa shape index (κ1) is 23.9. The predicted molar refractivity (Wildman–Crippen MR) is 120 cm³/mol. The fraction of sp³-hybridized carbons (Fsp3) is 0.375. The van der Waals surface area contributed by atoms with Crippen molar-refractivity contribution in [2.75, 3.05) is 18.5 Å². The Morgan fingerprint density at radius 2 is 1.58 bits per heavy atom. The van der Waals surface area contributed by atoms with Crippen molar-refractivity contribution in [1.82, 2.24) is 10.6 Å². The van der Waals surface area contributed by atoms with Crippen LogP contribution in [0, 0.1) is 11.8 Å². The standard InChI is InChI=1S/C24H31N3O4/c1-4-31-23(29)20(14-18-8-6-5-7-9-18)16-26-24(30)25-15-19-10-12-21(13-11-19)27-22(28)17(2)3/h5-13,17,20H,4,14-16H2,1-3H3,(H,27,28)(H2,25,26,30). The number of amides is 3. The fourth-order valence-corrected chi connectivity index (χ4v) is 2.85. The van der Waals surface area contributed by atoms with Gasteiger partial charge in [0.2, 0.25) is 5.91 Å². The van der Waals surface area contributed by atoms with Crippen LogP contribution in [0.1, 0.15) is 31.9 Å². The molecule has 0 aliphatic heterocycles. The molecule has 1 unspecified atom stereocenters. The van der Waals surface area contributed by atoms with Gasteiger partial charge in [-0.05, 0) is 36.6 Å². The summed E-state index contributed by atoms with van der Waals surface area (Å²) in [5, 5.41) is 8.36. The summed E-state index contributed by atoms with van der Waals surface area (Å²) < 4.78 is 5.15. The number of carbonyl (C=O) groups excluding carboxylic acids is 3. The Bertz CT molecular complexity index is 851. The van der Waals surface area contributed by atoms with Crippen LogP contribution in [0.4, 0.5) is 10.5 Å². The number of benzene rings is 2. The third-order valence-corrected chi connectivity index (χ3v) is 4.65. The molecule has 166 valence electrons. The summed E-state index contributed by atoms with van der Waals surface area (Å²) in [5.41, 5.74) is 2.61. The second-order valence-corrected chi connectivity index (χ2v) is 7.54. The molecule has 7 nitrogen and oxygen atoms in total. The van der Waals surface area contributed by atoms with Crippen LogP contribution in [0.15, 0.2) is 54.6 Å². The van der Waals surface area contributed by atoms with E-state index in [4.69, 9.17) is 4.74 Å². The molecule has 0 fully saturated rings. The molecule has 0 saturated heterocycles. The highest BCUT2D eigenvalue weighted by Crippen LogP contribution is 2.12. The summed E-state index contributed by atoms with van der Waals surface area (Å²) in [6, 6.07) is 16.5. The number of anilines is 1. The van der Waals surface area contributed by atoms with Crippen molar-refractivity contribution in [2.24, 2.45) is 11.8 Å². The van der Waals surface area contributed by atoms with E-state index in [0.717, 1.165) is 11.1 Å². The third kappa shape index (κ3) is 8.50. The van der Waals surface area contributed by atoms with Gasteiger partial charge in [-0.3, -0.25) is 9.59 Å². The van der Waals surface area contributed by atoms with E-state index in [-0.39, 0.29) is 30.4 Å². The van der Waals surface area contributed by atoms with E-state index < -0.39 is 5.92 Å². The molecule has 0 radical (unpaired) electrons. The van der Waals surface area contributed by atoms with Gasteiger partial charge in [-0.1, -0.05) is 56.3 Å². The third-order valence-electron chi connectivity index (χ3n) is 4.65. The molecule has 0 aliphatic carbocycles. The van der Waals surface area contributed by atoms with Crippen molar-refractivity contribution in [3.05, 3.63) is 65.7 Å². The molecule has 31 heavy (non-hydrogen) atoms. The number of urea groups is 1. The molecule has 0 spiro atoms. The molecule has 3 N–H and O–H groups in total. The number of rotatable bonds is 10. The Morgan fingerprint density at radius 3 is 2.19 bits per heavy atom. The van der Waals surface area contributed by atoms with E-state index in [1.165, 1.54) is 0 Å². The maximum Gasteiger partial charge on any atom is 0.315 e. The lowest BCUT2D eigenvalue weighted by atomic mass is 9.99. The van der Waals surface area contributed by atoms with Crippen LogP contribution in [0.3, 0.4) is 0 Å². The number of hydrogen-bond acceptors (Lipinski definition) is 4. The first-order valence-corrected chi connectivity index (χ1v) is 10.5. The van der Waals surface area contributed by atoms with Crippen molar-refractivity contribution in [2.45, 2.75) is 33.7 Å². The lowest BCUT2D eigenvalue weighted by Gasteiger charge is -2.17. The quantitative estimate of drug-likeness (QED) is 0.508. The number of esters is 1. The van der Waals surface area contributed by atoms with E-state index in [9.17, 15) is 14.4 Å². The first-order chi connectivity index (χ1) is 14.9. The van der Waals surface area contributed by atoms with Crippen LogP contribution in [-0.2, 0) is 27.3 Å². The SMILES string of the molecule is CCOC(=O)C(CNC(=O)NCc1ccc(NC(=O)C(C)C)cc1)Cc1ccccc1. The van der Waals surface area contributed by atoms with Gasteiger partial charge >= 0.3 is 12.0 Å². The van der Waals surface area contributed by atoms with E-state index in [1.807, 2.05) is 56.3 Å². The highest BCUT2D eigenvalue weighted by atomic mass is 16.5. The van der Waals surface area contributed by atoms with Crippen molar-refractivity contribution in [3.63, 3.8) is 0 Å². The van der Waals surface area contributed by atoms with E-state index in [1.54, 1.807) is 19.1 Å². The molecule has 0 saturated carbocycles. The van der Waals surface area contributed by atoms with E-state index >= 15 is 0 Å². The summed E-state index contributed by atoms with van der Waals surface area (Å²) in [4.78, 5) is 36.2. The van der Waals surface area contributed by atoms with Gasteiger partial charge in [0.25, 0.3) is 0 Å². The van der Waals surface area contributed by atoms with Crippen LogP contribution in [0.25, 0.3) is 0 Å². The molecule has 7 heteroatoms. The number of nitrogens with one attached hydrogen (secondary N) is 3. The largest absolute Gasteiger partial charge is 0.466 e. The van der Waals surface area contributed by atoms with E-state index in [0.29, 0.717) is 25.3 Å². The Labute approximate surface area is 183 Å². The lowest BCUT2D eigenvalue weighted by molar-refractivity contribution is -0.147. The second-order valence-electron chi connectivity index (χ2n) is 7.54. The summed E-state index contributed by atoms with van der Waals surface area (Å²) in [7, 11) is 0. The zero-order valence-corrected chi connectivity index (χ0v) is 18.3. The van der Waals surface area contributed by atoms with Gasteiger partial charge in [0.1, 0.15) is 0 Å². The molecule has 2 aromatic carbocycles. The number of ether oxygens (including phenoxy) is 1. The molecule has 2 rings (SSSR count). The van der Waals surface area contributed by atoms with Gasteiger partial charge < -0.3 is 20.7 Å². The number of hydrogen-bond donors (Lipinski definition) is 3. The van der Waals surface area contributed by atoms with Crippen LogP contribution in [0.5, 0.6) is 0 Å². The molecule has 0 aliphatic rings. The minimum atomic E-state index is -0.461. The normalized spacial score (nSPS) is 11.5. The smallest absolute Gasteiger partial charge is 0.315 e. The molecule has 1 atom stereocenters. The Morgan fingerprint density at radius 1 is 0.903 bits per heavy atom. The minimum Gasteiger partial charge on any atom is -0.466 e. The fourth-order valence-electron chi connectivity index (χ4n) is 2.85. The number of carbonyl (C=O) groups is 3. The molecule has 0 heterocycles. The summed E-state index contributed by atoms with van der Waals surface area (Å²) in [5.74, 6) is -0.926. The topological polar surface area (TPSA) is 96.5 Å². The maximum absolute atomic E-state index is 12.3. The van der Waals surface area contributed by atoms with Crippen LogP contribution < -0.4 is 16.0 Å². The molecule has 0 aromatic heterocycles. The zero-order valence-electron chi connectivity index (χ0n) is 18.3. The van der Waals surface area contributed by atoms with E-state index in [2.05, 4.69) is 16.0 Å². The molecule has 0 bridgehead atoms. The Balaban J connectivity index is 1.83. The van der Waals surface area contributed by atoms with Crippen LogP contribution in [-0.4, -0.2) is 31.1 Å². The zero-order chi connectivity index (χ0) is 22.6. The van der Waals surface area contributed by atoms with Crippen LogP contribution in [0.2, 0.25) is 0 Å². The maximum atomic E-state index is 12.3. The summed E-state index contributed by atoms with van der Waals surface area (Å²) >= 11 is 0. The molecule has 2 aromatic rings. The van der Waals surface area contributed by atoms with Gasteiger partial charge in [-0.15, -0.1) is 0 Å². The van der Waals surface area contributed by atoms with Crippen molar-refractivity contribution < 1.29 is 19.1 Å². The van der Waals surface area contributed by atoms with Crippen molar-refractivity contribution in [1.29, 1.82) is 0 Å². The molecular formula is C24H31N3O4. The van der Waals surface area contributed by atoms with Gasteiger partial charge in [-0.25, -0.2) is 4.79 Å². The Hall–Kier alpha value is -3.35. The van der Waals surface area contributed by atoms with Gasteiger partial charge in [0, 0.05) is 24.7 Å². The van der Waals surface area contributed by atoms with Gasteiger partial charge in [0.15, 0.2) is 0 Å². The highest BCUT2D eigenvalue weighted by Gasteiger charge is 2.21. The second kappa shape index (κ2) is 12.4. The summed E-state index contributed by atoms with van der Waals surface area (Å²) in [6.45, 7) is 6.23. The van der Waals surface area contributed by atoms with Crippen LogP contribution >= 0.6 is 0 Å². The summed E-state index contributed by atoms with van der Waals surface area (Å²) in [6.07, 6.45) is 0.490. The minimum absolute atomic E-state index is 0.0445. The lowest BCUT2D eigenvalue weighted by Crippen LogP contribution is -2.40. The highest BCUT2D eigenvalue weighted by molar-refractivity contribution is 5.92. The van der Waals surface area contributed by atoms with Crippen molar-refractivity contribution in [3.8, 4) is 0 Å². The molecule has 3 amide bonds. The first-order valence-electron chi connectivity index (χ1n) is 10.5. The average molecular weight is 426 g/mol. The average Bonchev–Trinajstić information content (AvgIpc) is 2.76. The van der Waals surface area contributed by atoms with Gasteiger partial charge in [0.05, 0.1) is 12.5 Å². The molecular weight excluding hydrogens is 394 g/mol.